The fourth-order valence-electron chi connectivity index (χ4n) is 3.48. The smallest absolute Gasteiger partial charge is 0.139 e. The molecule has 0 radical (unpaired) electrons. The highest BCUT2D eigenvalue weighted by Gasteiger charge is 2.26. The minimum atomic E-state index is 0.707. The van der Waals surface area contributed by atoms with Crippen LogP contribution in [0.15, 0.2) is 29.0 Å². The molecule has 112 valence electrons. The third kappa shape index (κ3) is 2.51. The van der Waals surface area contributed by atoms with Crippen molar-refractivity contribution in [2.24, 2.45) is 0 Å². The lowest BCUT2D eigenvalue weighted by molar-refractivity contribution is 0.0321. The summed E-state index contributed by atoms with van der Waals surface area (Å²) >= 11 is 0. The van der Waals surface area contributed by atoms with Crippen LogP contribution in [0, 0.1) is 0 Å². The van der Waals surface area contributed by atoms with Gasteiger partial charge in [0.15, 0.2) is 0 Å². The Bertz CT molecular complexity index is 598. The van der Waals surface area contributed by atoms with E-state index < -0.39 is 0 Å². The molecule has 0 spiro atoms. The molecule has 0 amide bonds. The van der Waals surface area contributed by atoms with Crippen LogP contribution in [0.2, 0.25) is 0 Å². The summed E-state index contributed by atoms with van der Waals surface area (Å²) in [6, 6.07) is 4.65. The van der Waals surface area contributed by atoms with Crippen LogP contribution in [-0.4, -0.2) is 55.3 Å². The van der Waals surface area contributed by atoms with Gasteiger partial charge in [0.25, 0.3) is 0 Å². The van der Waals surface area contributed by atoms with Crippen molar-refractivity contribution < 1.29 is 9.15 Å². The zero-order valence-corrected chi connectivity index (χ0v) is 12.2. The summed E-state index contributed by atoms with van der Waals surface area (Å²) in [7, 11) is 0. The third-order valence-electron chi connectivity index (χ3n) is 4.68. The first-order valence-electron chi connectivity index (χ1n) is 7.81. The molecule has 4 heterocycles. The van der Waals surface area contributed by atoms with Crippen molar-refractivity contribution in [2.45, 2.75) is 18.9 Å². The standard InChI is InChI=1S/C16H21N3O2/c1-5-17-16(14-4-12-21-15(1)14)19-8-6-18(7-9-19)13-2-10-20-11-3-13/h1,4-5,12-13H,2-3,6-11H2. The first-order valence-corrected chi connectivity index (χ1v) is 7.81. The number of rotatable bonds is 2. The molecule has 0 saturated carbocycles. The van der Waals surface area contributed by atoms with Crippen LogP contribution in [-0.2, 0) is 4.74 Å². The molecule has 2 fully saturated rings. The highest BCUT2D eigenvalue weighted by molar-refractivity contribution is 5.88. The lowest BCUT2D eigenvalue weighted by Crippen LogP contribution is -2.51. The van der Waals surface area contributed by atoms with Gasteiger partial charge in [-0.3, -0.25) is 4.90 Å². The van der Waals surface area contributed by atoms with Crippen molar-refractivity contribution in [1.82, 2.24) is 9.88 Å². The number of ether oxygens (including phenoxy) is 1. The number of hydrogen-bond donors (Lipinski definition) is 0. The Morgan fingerprint density at radius 2 is 1.86 bits per heavy atom. The highest BCUT2D eigenvalue weighted by Crippen LogP contribution is 2.26. The maximum atomic E-state index is 5.47. The SMILES string of the molecule is c1cc2occc2c(N2CCN(C3CCOCC3)CC2)n1. The molecule has 0 unspecified atom stereocenters. The molecule has 21 heavy (non-hydrogen) atoms. The van der Waals surface area contributed by atoms with Crippen molar-refractivity contribution in [3.63, 3.8) is 0 Å². The van der Waals surface area contributed by atoms with E-state index in [4.69, 9.17) is 9.15 Å². The molecule has 5 nitrogen and oxygen atoms in total. The van der Waals surface area contributed by atoms with E-state index in [1.54, 1.807) is 6.26 Å². The fourth-order valence-corrected chi connectivity index (χ4v) is 3.48. The predicted octanol–water partition coefficient (Wildman–Crippen LogP) is 2.13. The number of hydrogen-bond acceptors (Lipinski definition) is 5. The van der Waals surface area contributed by atoms with Crippen LogP contribution in [0.4, 0.5) is 5.82 Å². The second-order valence-corrected chi connectivity index (χ2v) is 5.83. The summed E-state index contributed by atoms with van der Waals surface area (Å²) in [5, 5.41) is 1.12. The molecule has 4 rings (SSSR count). The zero-order valence-electron chi connectivity index (χ0n) is 12.2. The molecular weight excluding hydrogens is 266 g/mol. The monoisotopic (exact) mass is 287 g/mol. The molecule has 0 aromatic carbocycles. The van der Waals surface area contributed by atoms with Crippen molar-refractivity contribution in [1.29, 1.82) is 0 Å². The van der Waals surface area contributed by atoms with E-state index >= 15 is 0 Å². The first kappa shape index (κ1) is 13.1. The summed E-state index contributed by atoms with van der Waals surface area (Å²) in [4.78, 5) is 9.57. The second kappa shape index (κ2) is 5.66. The largest absolute Gasteiger partial charge is 0.464 e. The molecule has 0 aliphatic carbocycles. The average Bonchev–Trinajstić information content (AvgIpc) is 3.04. The molecule has 2 saturated heterocycles. The zero-order chi connectivity index (χ0) is 14.1. The van der Waals surface area contributed by atoms with Gasteiger partial charge >= 0.3 is 0 Å². The van der Waals surface area contributed by atoms with Crippen molar-refractivity contribution in [3.05, 3.63) is 24.6 Å². The summed E-state index contributed by atoms with van der Waals surface area (Å²) in [6.07, 6.45) is 5.94. The number of furan rings is 1. The average molecular weight is 287 g/mol. The summed E-state index contributed by atoms with van der Waals surface area (Å²) in [5.41, 5.74) is 0.923. The van der Waals surface area contributed by atoms with Crippen LogP contribution in [0.1, 0.15) is 12.8 Å². The van der Waals surface area contributed by atoms with Crippen molar-refractivity contribution >= 4 is 16.8 Å². The van der Waals surface area contributed by atoms with E-state index in [1.165, 1.54) is 12.8 Å². The quantitative estimate of drug-likeness (QED) is 0.846. The van der Waals surface area contributed by atoms with Gasteiger partial charge in [-0.25, -0.2) is 4.98 Å². The Morgan fingerprint density at radius 3 is 2.67 bits per heavy atom. The van der Waals surface area contributed by atoms with Gasteiger partial charge in [-0.05, 0) is 25.0 Å². The minimum absolute atomic E-state index is 0.707. The van der Waals surface area contributed by atoms with Gasteiger partial charge in [-0.15, -0.1) is 0 Å². The maximum Gasteiger partial charge on any atom is 0.139 e. The van der Waals surface area contributed by atoms with Crippen LogP contribution in [0.25, 0.3) is 11.0 Å². The van der Waals surface area contributed by atoms with Gasteiger partial charge in [0.2, 0.25) is 0 Å². The van der Waals surface area contributed by atoms with E-state index in [9.17, 15) is 0 Å². The number of aromatic nitrogens is 1. The second-order valence-electron chi connectivity index (χ2n) is 5.83. The van der Waals surface area contributed by atoms with Gasteiger partial charge in [0.05, 0.1) is 11.6 Å². The first-order chi connectivity index (χ1) is 10.4. The number of nitrogens with zero attached hydrogens (tertiary/aromatic N) is 3. The van der Waals surface area contributed by atoms with Gasteiger partial charge < -0.3 is 14.1 Å². The predicted molar refractivity (Wildman–Crippen MR) is 81.6 cm³/mol. The number of piperazine rings is 1. The number of anilines is 1. The molecule has 2 aromatic heterocycles. The van der Waals surface area contributed by atoms with Crippen LogP contribution >= 0.6 is 0 Å². The van der Waals surface area contributed by atoms with Crippen LogP contribution < -0.4 is 4.90 Å². The topological polar surface area (TPSA) is 41.7 Å². The Morgan fingerprint density at radius 1 is 1.05 bits per heavy atom. The third-order valence-corrected chi connectivity index (χ3v) is 4.68. The molecule has 0 bridgehead atoms. The van der Waals surface area contributed by atoms with Crippen molar-refractivity contribution in [3.8, 4) is 0 Å². The van der Waals surface area contributed by atoms with E-state index in [0.29, 0.717) is 6.04 Å². The minimum Gasteiger partial charge on any atom is -0.464 e. The van der Waals surface area contributed by atoms with E-state index in [1.807, 2.05) is 18.3 Å². The van der Waals surface area contributed by atoms with E-state index in [-0.39, 0.29) is 0 Å². The Hall–Kier alpha value is -1.59. The lowest BCUT2D eigenvalue weighted by Gasteiger charge is -2.41. The fraction of sp³-hybridized carbons (Fsp3) is 0.562. The molecular formula is C16H21N3O2. The lowest BCUT2D eigenvalue weighted by atomic mass is 10.1. The summed E-state index contributed by atoms with van der Waals surface area (Å²) < 4.78 is 10.9. The number of fused-ring (bicyclic) bond motifs is 1. The van der Waals surface area contributed by atoms with Gasteiger partial charge in [0.1, 0.15) is 11.4 Å². The number of pyridine rings is 1. The molecule has 5 heteroatoms. The Balaban J connectivity index is 1.46. The summed E-state index contributed by atoms with van der Waals surface area (Å²) in [6.45, 7) is 6.13. The Kier molecular flexibility index (Phi) is 3.53. The van der Waals surface area contributed by atoms with Crippen LogP contribution in [0.3, 0.4) is 0 Å². The molecule has 0 N–H and O–H groups in total. The van der Waals surface area contributed by atoms with E-state index in [2.05, 4.69) is 14.8 Å². The van der Waals surface area contributed by atoms with E-state index in [0.717, 1.165) is 56.2 Å². The van der Waals surface area contributed by atoms with Gasteiger partial charge in [-0.1, -0.05) is 0 Å². The highest BCUT2D eigenvalue weighted by atomic mass is 16.5. The molecule has 2 aliphatic heterocycles. The van der Waals surface area contributed by atoms with Gasteiger partial charge in [-0.2, -0.15) is 0 Å². The van der Waals surface area contributed by atoms with Gasteiger partial charge in [0, 0.05) is 51.6 Å². The van der Waals surface area contributed by atoms with Crippen LogP contribution in [0.5, 0.6) is 0 Å². The summed E-state index contributed by atoms with van der Waals surface area (Å²) in [5.74, 6) is 1.06. The maximum absolute atomic E-state index is 5.47. The Labute approximate surface area is 124 Å². The molecule has 0 atom stereocenters. The normalized spacial score (nSPS) is 22.0. The van der Waals surface area contributed by atoms with Crippen molar-refractivity contribution in [2.75, 3.05) is 44.3 Å². The molecule has 2 aromatic rings. The molecule has 2 aliphatic rings.